The zero-order valence-corrected chi connectivity index (χ0v) is 87.5. The third-order valence-electron chi connectivity index (χ3n) is 23.7. The number of aryl methyl sites for hydroxylation is 1. The largest absolute Gasteiger partial charge is 0.388 e. The first-order valence-electron chi connectivity index (χ1n) is 46.8. The molecule has 4 N–H and O–H groups in total. The lowest BCUT2D eigenvalue weighted by Gasteiger charge is -2.35. The van der Waals surface area contributed by atoms with Gasteiger partial charge in [-0.1, -0.05) is 60.7 Å². The lowest BCUT2D eigenvalue weighted by Crippen LogP contribution is -2.43. The molecule has 20 rings (SSSR count). The molecule has 15 heterocycles. The number of rotatable bonds is 18. The number of nitrogens with one attached hydrogen (secondary N) is 1. The fraction of sp³-hybridized carbons (Fsp3) is 0.394. The van der Waals surface area contributed by atoms with Crippen LogP contribution in [0.5, 0.6) is 0 Å². The van der Waals surface area contributed by atoms with Crippen molar-refractivity contribution in [2.75, 3.05) is 204 Å². The van der Waals surface area contributed by atoms with Crippen molar-refractivity contribution in [3.8, 4) is 29.1 Å². The smallest absolute Gasteiger partial charge is 0.209 e. The molecule has 44 heteroatoms. The van der Waals surface area contributed by atoms with Crippen LogP contribution in [0.4, 0.5) is 73.8 Å². The topological polar surface area (TPSA) is 421 Å². The maximum absolute atomic E-state index is 13.8. The van der Waals surface area contributed by atoms with Crippen LogP contribution < -0.4 is 35.6 Å². The van der Waals surface area contributed by atoms with Gasteiger partial charge in [0, 0.05) is 270 Å². The summed E-state index contributed by atoms with van der Waals surface area (Å²) in [5.74, 6) is 7.83. The van der Waals surface area contributed by atoms with Crippen LogP contribution in [-0.2, 0) is 85.6 Å². The number of nitrogens with zero attached hydrogens (tertiary/aromatic N) is 25. The van der Waals surface area contributed by atoms with Crippen molar-refractivity contribution in [3.05, 3.63) is 199 Å². The molecule has 0 saturated carbocycles. The highest BCUT2D eigenvalue weighted by molar-refractivity contribution is 7.93. The van der Waals surface area contributed by atoms with E-state index in [0.717, 1.165) is 122 Å². The van der Waals surface area contributed by atoms with Gasteiger partial charge < -0.3 is 64.3 Å². The van der Waals surface area contributed by atoms with Gasteiger partial charge in [-0.15, -0.1) is 0 Å². The minimum Gasteiger partial charge on any atom is -0.388 e. The Labute approximate surface area is 833 Å². The Morgan fingerprint density at radius 2 is 0.587 bits per heavy atom. The number of ether oxygens (including phenoxy) is 5. The van der Waals surface area contributed by atoms with E-state index < -0.39 is 55.3 Å². The number of para-hydroxylation sites is 10. The van der Waals surface area contributed by atoms with Crippen molar-refractivity contribution in [3.63, 3.8) is 0 Å². The predicted octanol–water partition coefficient (Wildman–Crippen LogP) is 14.9. The molecule has 0 radical (unpaired) electrons. The van der Waals surface area contributed by atoms with E-state index in [1.165, 1.54) is 0 Å². The molecule has 0 aliphatic carbocycles. The minimum atomic E-state index is -2.41. The number of imidazole rings is 5. The minimum absolute atomic E-state index is 0.166. The Bertz CT molecular complexity index is 7260. The number of morpholine rings is 5. The average Bonchev–Trinajstić information content (AvgIpc) is 1.64. The second-order valence-corrected chi connectivity index (χ2v) is 49.7. The molecule has 10 aromatic heterocycles. The van der Waals surface area contributed by atoms with E-state index in [2.05, 4.69) is 132 Å². The van der Waals surface area contributed by atoms with Crippen molar-refractivity contribution >= 4 is 173 Å². The van der Waals surface area contributed by atoms with Crippen molar-refractivity contribution in [2.45, 2.75) is 85.0 Å². The summed E-state index contributed by atoms with van der Waals surface area (Å²) in [5, 5.41) is 13.0. The third kappa shape index (κ3) is 25.2. The Hall–Kier alpha value is -12.8. The molecule has 5 saturated heterocycles. The number of aromatic nitrogens is 15. The number of aliphatic hydroxyl groups excluding tert-OH is 1. The van der Waals surface area contributed by atoms with Crippen molar-refractivity contribution in [1.29, 1.82) is 0 Å². The van der Waals surface area contributed by atoms with Gasteiger partial charge in [-0.25, -0.2) is 75.3 Å². The van der Waals surface area contributed by atoms with Gasteiger partial charge in [-0.3, -0.25) is 22.8 Å². The van der Waals surface area contributed by atoms with E-state index in [1.807, 2.05) is 204 Å². The fourth-order valence-corrected chi connectivity index (χ4v) is 20.5. The summed E-state index contributed by atoms with van der Waals surface area (Å²) in [6.45, 7) is 21.9. The van der Waals surface area contributed by atoms with Crippen molar-refractivity contribution in [1.82, 2.24) is 72.7 Å². The molecule has 0 unspecified atom stereocenters. The Morgan fingerprint density at radius 3 is 0.881 bits per heavy atom. The molecule has 5 aliphatic rings. The van der Waals surface area contributed by atoms with Gasteiger partial charge in [0.1, 0.15) is 59.8 Å². The second-order valence-electron chi connectivity index (χ2n) is 36.9. The van der Waals surface area contributed by atoms with Crippen LogP contribution in [0.15, 0.2) is 204 Å². The lowest BCUT2D eigenvalue weighted by molar-refractivity contribution is 0.0989. The summed E-state index contributed by atoms with van der Waals surface area (Å²) in [7, 11) is -10.0. The molecule has 0 bridgehead atoms. The van der Waals surface area contributed by atoms with Gasteiger partial charge in [0.05, 0.1) is 121 Å². The van der Waals surface area contributed by atoms with E-state index in [0.29, 0.717) is 142 Å². The number of aliphatic hydroxyl groups is 1. The SMILES string of the molecule is CNc1nc2ccccc2n1-c1cc(N2CCOC[C@H]2C)cc(N=S(C)(C)=O)n1.C[C@@H]1COCCN1c1cc(N=S(C)(C)=O)nc(-n2c(CF)nc3ccccc32)c1.C[C@@H]1COCCN1c1cc(N=S(C)(C)=O)nc(-n2c(CO)nc3ccccc32)c1.C[C@@H]1COCCN1c1cc(N=S(C)(C)=O)nc(-n2c(N)nc3ccccc32)c1.Cc1nc2ccccc2n1-c1cc(N2CCOC[C@H]2C)cc(N=S(C)(C)=O)n1. The van der Waals surface area contributed by atoms with E-state index >= 15 is 0 Å². The third-order valence-corrected chi connectivity index (χ3v) is 26.9. The van der Waals surface area contributed by atoms with Gasteiger partial charge in [0.25, 0.3) is 0 Å². The maximum Gasteiger partial charge on any atom is 0.209 e. The number of pyridine rings is 5. The fourth-order valence-electron chi connectivity index (χ4n) is 17.8. The van der Waals surface area contributed by atoms with Gasteiger partial charge in [-0.05, 0) is 102 Å². The van der Waals surface area contributed by atoms with Crippen LogP contribution in [0.2, 0.25) is 0 Å². The van der Waals surface area contributed by atoms with Crippen LogP contribution in [0.1, 0.15) is 52.1 Å². The highest BCUT2D eigenvalue weighted by Gasteiger charge is 2.30. The molecule has 5 atom stereocenters. The highest BCUT2D eigenvalue weighted by Crippen LogP contribution is 2.38. The molecule has 5 aliphatic heterocycles. The van der Waals surface area contributed by atoms with Crippen LogP contribution in [0.25, 0.3) is 84.3 Å². The number of alkyl halides is 1. The van der Waals surface area contributed by atoms with Gasteiger partial charge in [0.2, 0.25) is 11.9 Å². The summed E-state index contributed by atoms with van der Waals surface area (Å²) in [6, 6.07) is 59.1. The summed E-state index contributed by atoms with van der Waals surface area (Å²) in [4.78, 5) is 57.2. The molecular formula is C99H124FN27O11S5. The van der Waals surface area contributed by atoms with Crippen molar-refractivity contribution in [2.24, 2.45) is 21.8 Å². The Balaban J connectivity index is 0.000000128. The van der Waals surface area contributed by atoms with Crippen LogP contribution in [-0.4, -0.2) is 297 Å². The first-order valence-corrected chi connectivity index (χ1v) is 58.5. The number of nitrogens with two attached hydrogens (primary N) is 1. The highest BCUT2D eigenvalue weighted by atomic mass is 32.2. The zero-order valence-electron chi connectivity index (χ0n) is 83.4. The molecule has 758 valence electrons. The Morgan fingerprint density at radius 1 is 0.343 bits per heavy atom. The molecule has 15 aromatic rings. The molecule has 143 heavy (non-hydrogen) atoms. The lowest BCUT2D eigenvalue weighted by atomic mass is 10.2. The number of nitrogen functional groups attached to an aromatic ring is 1. The average molecular weight is 2050 g/mol. The maximum atomic E-state index is 13.8. The summed E-state index contributed by atoms with van der Waals surface area (Å²) < 4.78 is 134. The monoisotopic (exact) mass is 2050 g/mol. The molecule has 5 fully saturated rings. The van der Waals surface area contributed by atoms with E-state index in [-0.39, 0.29) is 42.6 Å². The van der Waals surface area contributed by atoms with Gasteiger partial charge in [-0.2, -0.15) is 21.8 Å². The number of anilines is 7. The first-order chi connectivity index (χ1) is 68.2. The standard InChI is InChI=1S/C20H24FN5O2S.C20H26N6O2S.C20H25N5O3S.C20H25N5O2S.C19H24N6O2S/c1-14-13-28-9-8-25(14)15-10-18(24-29(2,3)27)23-19(11-15)26-17-7-5-4-6-16(17)22-20(26)12-21;1-14-13-28-10-9-25(14)15-11-18(24-29(3,4)27)23-19(12-15)26-17-8-6-5-7-16(17)22-20(26)21-2;1-14-13-28-9-8-24(14)15-10-18(23-29(2,3)27)22-19(11-15)25-17-7-5-4-6-16(17)21-20(25)12-26;1-14-13-27-10-9-24(14)16-11-19(23-28(3,4)26)22-20(12-16)25-15(2)21-17-7-5-6-8-18(17)25;1-13-12-27-9-8-24(13)14-10-17(23-28(2,3)26)22-18(11-14)25-16-7-5-4-6-15(16)21-19(25)20/h4-7,10-11,14H,8-9,12-13H2,1-3H3;5-8,11-12,14H,9-10,13H2,1-4H3,(H,21,22);4-7,10-11,14,26H,8-9,12-13H2,1-3H3;5-8,11-12,14H,9-10,13H2,1-4H3;4-7,10-11,13H,8-9,12H2,1-3H3,(H2,20,21)/t4*14-;13-/m11111/s1. The predicted molar refractivity (Wildman–Crippen MR) is 572 cm³/mol. The number of hydrogen-bond acceptors (Lipinski definition) is 33. The normalized spacial score (nSPS) is 17.7. The molecule has 5 aromatic carbocycles. The molecule has 0 amide bonds. The number of hydrogen-bond donors (Lipinski definition) is 3. The van der Waals surface area contributed by atoms with Crippen LogP contribution in [0, 0.1) is 6.92 Å². The molecule has 38 nitrogen and oxygen atoms in total. The summed E-state index contributed by atoms with van der Waals surface area (Å²) in [6.07, 6.45) is 16.0. The number of benzene rings is 5. The summed E-state index contributed by atoms with van der Waals surface area (Å²) in [5.41, 5.74) is 19.4. The van der Waals surface area contributed by atoms with E-state index in [9.17, 15) is 30.5 Å². The van der Waals surface area contributed by atoms with Crippen LogP contribution >= 0.6 is 0 Å². The first kappa shape index (κ1) is 103. The number of fused-ring (bicyclic) bond motifs is 5. The van der Waals surface area contributed by atoms with Gasteiger partial charge >= 0.3 is 0 Å². The molecular weight excluding hydrogens is 1920 g/mol. The number of halogens is 1. The zero-order chi connectivity index (χ0) is 102. The second kappa shape index (κ2) is 43.8. The van der Waals surface area contributed by atoms with Gasteiger partial charge in [0.15, 0.2) is 29.1 Å². The quantitative estimate of drug-likeness (QED) is 0.0718. The van der Waals surface area contributed by atoms with Crippen molar-refractivity contribution < 1.29 is 54.2 Å². The van der Waals surface area contributed by atoms with E-state index in [4.69, 9.17) is 39.4 Å². The molecule has 0 spiro atoms. The van der Waals surface area contributed by atoms with Crippen LogP contribution in [0.3, 0.4) is 0 Å². The van der Waals surface area contributed by atoms with E-state index in [1.54, 1.807) is 71.7 Å². The Kier molecular flexibility index (Phi) is 31.6. The summed E-state index contributed by atoms with van der Waals surface area (Å²) >= 11 is 0.